The predicted molar refractivity (Wildman–Crippen MR) is 119 cm³/mol. The van der Waals surface area contributed by atoms with Gasteiger partial charge in [0.25, 0.3) is 0 Å². The van der Waals surface area contributed by atoms with Crippen molar-refractivity contribution in [2.24, 2.45) is 22.4 Å². The summed E-state index contributed by atoms with van der Waals surface area (Å²) >= 11 is 0. The number of hydrogen-bond acceptors (Lipinski definition) is 6. The van der Waals surface area contributed by atoms with E-state index in [1.807, 2.05) is 45.0 Å². The maximum atomic E-state index is 13.7. The molecule has 0 bridgehead atoms. The normalized spacial score (nSPS) is 26.1. The first-order valence-corrected chi connectivity index (χ1v) is 10.7. The van der Waals surface area contributed by atoms with Crippen molar-refractivity contribution in [3.05, 3.63) is 59.7 Å². The average Bonchev–Trinajstić information content (AvgIpc) is 3.25. The minimum absolute atomic E-state index is 0.0933. The second kappa shape index (κ2) is 7.02. The number of methoxy groups -OCH3 is 1. The van der Waals surface area contributed by atoms with E-state index < -0.39 is 29.3 Å². The molecule has 2 aromatic rings. The van der Waals surface area contributed by atoms with Crippen LogP contribution in [-0.4, -0.2) is 42.0 Å². The number of rotatable bonds is 3. The molecule has 0 N–H and O–H groups in total. The molecule has 3 heterocycles. The van der Waals surface area contributed by atoms with Gasteiger partial charge in [-0.2, -0.15) is 5.10 Å². The molecule has 2 fully saturated rings. The van der Waals surface area contributed by atoms with Gasteiger partial charge in [0.05, 0.1) is 36.9 Å². The Morgan fingerprint density at radius 1 is 0.969 bits per heavy atom. The standard InChI is InChI=1S/C25H25N3O4/c1-25(2,3)22(29)21-19-18(20-17-8-6-5-7-14(17)13-26-28(20)21)23(30)27(24(19)31)15-9-11-16(32-4)12-10-15/h5-13,18-21H,1-4H3/t18-,19+,20?,21-/m1/s1. The monoisotopic (exact) mass is 431 g/mol. The summed E-state index contributed by atoms with van der Waals surface area (Å²) in [6.07, 6.45) is 1.71. The van der Waals surface area contributed by atoms with E-state index in [0.29, 0.717) is 11.4 Å². The second-order valence-corrected chi connectivity index (χ2v) is 9.52. The number of Topliss-reactive ketones (excluding diaryl/α,β-unsaturated/α-hetero) is 1. The van der Waals surface area contributed by atoms with Crippen molar-refractivity contribution in [3.63, 3.8) is 0 Å². The SMILES string of the molecule is COc1ccc(N2C(=O)[C@H]3[C@@H](C2=O)C2c4ccccc4C=NN2[C@H]3C(=O)C(C)(C)C)cc1. The van der Waals surface area contributed by atoms with Gasteiger partial charge in [0.2, 0.25) is 11.8 Å². The maximum Gasteiger partial charge on any atom is 0.240 e. The van der Waals surface area contributed by atoms with Gasteiger partial charge in [-0.15, -0.1) is 0 Å². The zero-order chi connectivity index (χ0) is 22.8. The van der Waals surface area contributed by atoms with Gasteiger partial charge in [0, 0.05) is 5.41 Å². The van der Waals surface area contributed by atoms with Crippen LogP contribution in [0.25, 0.3) is 0 Å². The molecule has 32 heavy (non-hydrogen) atoms. The average molecular weight is 431 g/mol. The van der Waals surface area contributed by atoms with E-state index in [2.05, 4.69) is 5.10 Å². The Hall–Kier alpha value is -3.48. The fraction of sp³-hybridized carbons (Fsp3) is 0.360. The minimum atomic E-state index is -0.797. The summed E-state index contributed by atoms with van der Waals surface area (Å²) in [5.41, 5.74) is 1.61. The van der Waals surface area contributed by atoms with E-state index in [1.165, 1.54) is 4.90 Å². The highest BCUT2D eigenvalue weighted by molar-refractivity contribution is 6.24. The maximum absolute atomic E-state index is 13.7. The Balaban J connectivity index is 1.64. The van der Waals surface area contributed by atoms with Gasteiger partial charge in [-0.3, -0.25) is 19.4 Å². The van der Waals surface area contributed by atoms with Crippen LogP contribution in [0.1, 0.15) is 37.9 Å². The molecule has 0 aromatic heterocycles. The lowest BCUT2D eigenvalue weighted by molar-refractivity contribution is -0.136. The molecule has 164 valence electrons. The fourth-order valence-corrected chi connectivity index (χ4v) is 5.10. The first kappa shape index (κ1) is 20.4. The zero-order valence-corrected chi connectivity index (χ0v) is 18.5. The molecule has 0 radical (unpaired) electrons. The Morgan fingerprint density at radius 2 is 1.62 bits per heavy atom. The third-order valence-corrected chi connectivity index (χ3v) is 6.63. The smallest absolute Gasteiger partial charge is 0.240 e. The van der Waals surface area contributed by atoms with Crippen LogP contribution in [0.2, 0.25) is 0 Å². The highest BCUT2D eigenvalue weighted by atomic mass is 16.5. The Bertz CT molecular complexity index is 1150. The van der Waals surface area contributed by atoms with Crippen molar-refractivity contribution >= 4 is 29.5 Å². The van der Waals surface area contributed by atoms with Crippen LogP contribution >= 0.6 is 0 Å². The number of nitrogens with zero attached hydrogens (tertiary/aromatic N) is 3. The summed E-state index contributed by atoms with van der Waals surface area (Å²) in [6.45, 7) is 5.51. The number of benzene rings is 2. The summed E-state index contributed by atoms with van der Waals surface area (Å²) in [7, 11) is 1.56. The Kier molecular flexibility index (Phi) is 4.48. The molecule has 2 aromatic carbocycles. The van der Waals surface area contributed by atoms with Crippen LogP contribution in [-0.2, 0) is 14.4 Å². The van der Waals surface area contributed by atoms with Crippen molar-refractivity contribution in [3.8, 4) is 5.75 Å². The topological polar surface area (TPSA) is 79.3 Å². The summed E-state index contributed by atoms with van der Waals surface area (Å²) in [4.78, 5) is 42.2. The summed E-state index contributed by atoms with van der Waals surface area (Å²) in [5, 5.41) is 6.27. The van der Waals surface area contributed by atoms with E-state index in [4.69, 9.17) is 4.74 Å². The third-order valence-electron chi connectivity index (χ3n) is 6.63. The van der Waals surface area contributed by atoms with Gasteiger partial charge >= 0.3 is 0 Å². The number of anilines is 1. The number of carbonyl (C=O) groups is 3. The zero-order valence-electron chi connectivity index (χ0n) is 18.5. The first-order chi connectivity index (χ1) is 15.2. The molecule has 2 saturated heterocycles. The number of amides is 2. The summed E-state index contributed by atoms with van der Waals surface area (Å²) < 4.78 is 5.20. The number of hydrogen-bond donors (Lipinski definition) is 0. The summed E-state index contributed by atoms with van der Waals surface area (Å²) in [5.74, 6) is -1.57. The quantitative estimate of drug-likeness (QED) is 0.698. The van der Waals surface area contributed by atoms with Crippen LogP contribution in [0.5, 0.6) is 5.75 Å². The van der Waals surface area contributed by atoms with E-state index in [-0.39, 0.29) is 17.6 Å². The van der Waals surface area contributed by atoms with E-state index in [1.54, 1.807) is 42.6 Å². The molecule has 5 rings (SSSR count). The minimum Gasteiger partial charge on any atom is -0.497 e. The molecule has 1 unspecified atom stereocenters. The molecule has 2 amide bonds. The lowest BCUT2D eigenvalue weighted by Crippen LogP contribution is -2.48. The van der Waals surface area contributed by atoms with Crippen LogP contribution < -0.4 is 9.64 Å². The molecule has 7 heteroatoms. The molecule has 3 aliphatic rings. The van der Waals surface area contributed by atoms with Crippen molar-refractivity contribution in [2.75, 3.05) is 12.0 Å². The largest absolute Gasteiger partial charge is 0.497 e. The van der Waals surface area contributed by atoms with E-state index in [0.717, 1.165) is 11.1 Å². The number of ketones is 1. The highest BCUT2D eigenvalue weighted by Gasteiger charge is 2.66. The van der Waals surface area contributed by atoms with Crippen molar-refractivity contribution < 1.29 is 19.1 Å². The molecule has 7 nitrogen and oxygen atoms in total. The van der Waals surface area contributed by atoms with Crippen LogP contribution in [0.15, 0.2) is 53.6 Å². The predicted octanol–water partition coefficient (Wildman–Crippen LogP) is 3.19. The third kappa shape index (κ3) is 2.80. The highest BCUT2D eigenvalue weighted by Crippen LogP contribution is 2.53. The molecule has 3 aliphatic heterocycles. The lowest BCUT2D eigenvalue weighted by Gasteiger charge is -2.35. The molecule has 0 aliphatic carbocycles. The van der Waals surface area contributed by atoms with Crippen LogP contribution in [0.4, 0.5) is 5.69 Å². The molecular formula is C25H25N3O4. The first-order valence-electron chi connectivity index (χ1n) is 10.7. The van der Waals surface area contributed by atoms with Crippen molar-refractivity contribution in [1.29, 1.82) is 0 Å². The van der Waals surface area contributed by atoms with Gasteiger partial charge in [0.1, 0.15) is 11.8 Å². The van der Waals surface area contributed by atoms with E-state index in [9.17, 15) is 14.4 Å². The number of hydrazone groups is 1. The van der Waals surface area contributed by atoms with Gasteiger partial charge < -0.3 is 4.74 Å². The molecule has 0 saturated carbocycles. The lowest BCUT2D eigenvalue weighted by atomic mass is 9.79. The Morgan fingerprint density at radius 3 is 2.28 bits per heavy atom. The van der Waals surface area contributed by atoms with Crippen molar-refractivity contribution in [1.82, 2.24) is 5.01 Å². The fourth-order valence-electron chi connectivity index (χ4n) is 5.10. The second-order valence-electron chi connectivity index (χ2n) is 9.52. The van der Waals surface area contributed by atoms with Crippen LogP contribution in [0.3, 0.4) is 0 Å². The number of imide groups is 1. The van der Waals surface area contributed by atoms with Gasteiger partial charge in [0.15, 0.2) is 5.78 Å². The van der Waals surface area contributed by atoms with Gasteiger partial charge in [-0.25, -0.2) is 4.90 Å². The number of ether oxygens (including phenoxy) is 1. The van der Waals surface area contributed by atoms with E-state index >= 15 is 0 Å². The van der Waals surface area contributed by atoms with Crippen LogP contribution in [0, 0.1) is 17.3 Å². The molecule has 4 atom stereocenters. The Labute approximate surface area is 186 Å². The van der Waals surface area contributed by atoms with Crippen molar-refractivity contribution in [2.45, 2.75) is 32.9 Å². The number of fused-ring (bicyclic) bond motifs is 5. The van der Waals surface area contributed by atoms with Gasteiger partial charge in [-0.05, 0) is 35.4 Å². The molecule has 0 spiro atoms. The molecular weight excluding hydrogens is 406 g/mol. The number of carbonyl (C=O) groups excluding carboxylic acids is 3. The van der Waals surface area contributed by atoms with Gasteiger partial charge in [-0.1, -0.05) is 45.0 Å². The summed E-state index contributed by atoms with van der Waals surface area (Å²) in [6, 6.07) is 13.3.